The van der Waals surface area contributed by atoms with Crippen LogP contribution in [-0.4, -0.2) is 57.9 Å². The smallest absolute Gasteiger partial charge is 0.216 e. The van der Waals surface area contributed by atoms with Crippen LogP contribution in [0.15, 0.2) is 0 Å². The predicted molar refractivity (Wildman–Crippen MR) is 68.6 cm³/mol. The number of sulfonamides is 1. The third-order valence-corrected chi connectivity index (χ3v) is 5.00. The van der Waals surface area contributed by atoms with Crippen molar-refractivity contribution in [2.24, 2.45) is 0 Å². The summed E-state index contributed by atoms with van der Waals surface area (Å²) in [5, 5.41) is 3.37. The first-order valence-corrected chi connectivity index (χ1v) is 7.91. The van der Waals surface area contributed by atoms with E-state index in [1.807, 2.05) is 6.92 Å². The minimum Gasteiger partial charge on any atom is -0.384 e. The van der Waals surface area contributed by atoms with Gasteiger partial charge in [-0.25, -0.2) is 12.7 Å². The molecule has 1 saturated heterocycles. The topological polar surface area (TPSA) is 58.6 Å². The highest BCUT2D eigenvalue weighted by molar-refractivity contribution is 7.89. The van der Waals surface area contributed by atoms with Crippen LogP contribution in [0.5, 0.6) is 0 Å². The number of nitrogens with one attached hydrogen (secondary N) is 1. The van der Waals surface area contributed by atoms with Gasteiger partial charge in [0, 0.05) is 26.2 Å². The molecular weight excluding hydrogens is 240 g/mol. The molecule has 1 aliphatic heterocycles. The van der Waals surface area contributed by atoms with E-state index in [2.05, 4.69) is 5.32 Å². The first kappa shape index (κ1) is 14.9. The molecule has 1 unspecified atom stereocenters. The predicted octanol–water partition coefficient (Wildman–Crippen LogP) is 0.427. The Labute approximate surface area is 105 Å². The first-order valence-electron chi connectivity index (χ1n) is 6.30. The second-order valence-corrected chi connectivity index (χ2v) is 6.49. The third kappa shape index (κ3) is 4.91. The molecule has 0 saturated carbocycles. The van der Waals surface area contributed by atoms with Crippen molar-refractivity contribution < 1.29 is 13.2 Å². The summed E-state index contributed by atoms with van der Waals surface area (Å²) in [5.41, 5.74) is 0. The molecule has 0 aromatic heterocycles. The molecule has 1 atom stereocenters. The summed E-state index contributed by atoms with van der Waals surface area (Å²) in [6.07, 6.45) is 3.45. The zero-order valence-corrected chi connectivity index (χ0v) is 11.6. The van der Waals surface area contributed by atoms with Crippen molar-refractivity contribution in [2.75, 3.05) is 39.1 Å². The molecule has 6 heteroatoms. The van der Waals surface area contributed by atoms with Gasteiger partial charge >= 0.3 is 0 Å². The number of nitrogens with zero attached hydrogens (tertiary/aromatic N) is 1. The van der Waals surface area contributed by atoms with E-state index in [-0.39, 0.29) is 12.4 Å². The molecule has 0 aromatic rings. The SMILES string of the molecule is CCN(CC1CCCCN1)S(=O)(=O)CCOC. The maximum Gasteiger partial charge on any atom is 0.216 e. The van der Waals surface area contributed by atoms with E-state index in [1.54, 1.807) is 4.31 Å². The number of hydrogen-bond donors (Lipinski definition) is 1. The van der Waals surface area contributed by atoms with E-state index in [0.717, 1.165) is 13.0 Å². The van der Waals surface area contributed by atoms with Gasteiger partial charge in [0.2, 0.25) is 10.0 Å². The molecule has 1 heterocycles. The number of hydrogen-bond acceptors (Lipinski definition) is 4. The molecule has 1 aliphatic rings. The van der Waals surface area contributed by atoms with Crippen LogP contribution in [0.3, 0.4) is 0 Å². The zero-order valence-electron chi connectivity index (χ0n) is 10.8. The zero-order chi connectivity index (χ0) is 12.7. The molecule has 5 nitrogen and oxygen atoms in total. The molecular formula is C11H24N2O3S. The lowest BCUT2D eigenvalue weighted by Gasteiger charge is -2.29. The second-order valence-electron chi connectivity index (χ2n) is 4.41. The van der Waals surface area contributed by atoms with Crippen LogP contribution in [0.4, 0.5) is 0 Å². The first-order chi connectivity index (χ1) is 8.10. The number of ether oxygens (including phenoxy) is 1. The summed E-state index contributed by atoms with van der Waals surface area (Å²) in [4.78, 5) is 0. The molecule has 17 heavy (non-hydrogen) atoms. The Bertz CT molecular complexity index is 300. The standard InChI is InChI=1S/C11H24N2O3S/c1-3-13(17(14,15)9-8-16-2)10-11-6-4-5-7-12-11/h11-12H,3-10H2,1-2H3. The van der Waals surface area contributed by atoms with Crippen LogP contribution >= 0.6 is 0 Å². The highest BCUT2D eigenvalue weighted by atomic mass is 32.2. The third-order valence-electron chi connectivity index (χ3n) is 3.13. The lowest BCUT2D eigenvalue weighted by atomic mass is 10.1. The van der Waals surface area contributed by atoms with Crippen LogP contribution in [-0.2, 0) is 14.8 Å². The summed E-state index contributed by atoms with van der Waals surface area (Å²) >= 11 is 0. The van der Waals surface area contributed by atoms with Crippen molar-refractivity contribution in [2.45, 2.75) is 32.2 Å². The highest BCUT2D eigenvalue weighted by Crippen LogP contribution is 2.11. The van der Waals surface area contributed by atoms with Crippen LogP contribution in [0.1, 0.15) is 26.2 Å². The summed E-state index contributed by atoms with van der Waals surface area (Å²) in [5.74, 6) is 0.0735. The largest absolute Gasteiger partial charge is 0.384 e. The summed E-state index contributed by atoms with van der Waals surface area (Å²) in [7, 11) is -1.64. The molecule has 1 fully saturated rings. The van der Waals surface area contributed by atoms with E-state index >= 15 is 0 Å². The average molecular weight is 264 g/mol. The average Bonchev–Trinajstić information content (AvgIpc) is 2.34. The van der Waals surface area contributed by atoms with Gasteiger partial charge in [0.1, 0.15) is 0 Å². The van der Waals surface area contributed by atoms with Gasteiger partial charge in [0.25, 0.3) is 0 Å². The van der Waals surface area contributed by atoms with Gasteiger partial charge in [-0.15, -0.1) is 0 Å². The van der Waals surface area contributed by atoms with E-state index in [4.69, 9.17) is 4.74 Å². The molecule has 0 amide bonds. The summed E-state index contributed by atoms with van der Waals surface area (Å²) in [6.45, 7) is 4.26. The summed E-state index contributed by atoms with van der Waals surface area (Å²) < 4.78 is 30.4. The van der Waals surface area contributed by atoms with E-state index in [0.29, 0.717) is 19.1 Å². The van der Waals surface area contributed by atoms with Crippen LogP contribution in [0.25, 0.3) is 0 Å². The molecule has 0 aromatic carbocycles. The van der Waals surface area contributed by atoms with E-state index in [9.17, 15) is 8.42 Å². The van der Waals surface area contributed by atoms with Crippen molar-refractivity contribution in [1.29, 1.82) is 0 Å². The van der Waals surface area contributed by atoms with Gasteiger partial charge in [0.15, 0.2) is 0 Å². The Balaban J connectivity index is 2.51. The Hall–Kier alpha value is -0.170. The lowest BCUT2D eigenvalue weighted by Crippen LogP contribution is -2.46. The molecule has 1 N–H and O–H groups in total. The minimum atomic E-state index is -3.17. The van der Waals surface area contributed by atoms with E-state index in [1.165, 1.54) is 20.0 Å². The van der Waals surface area contributed by atoms with Crippen LogP contribution < -0.4 is 5.32 Å². The molecule has 0 aliphatic carbocycles. The highest BCUT2D eigenvalue weighted by Gasteiger charge is 2.24. The van der Waals surface area contributed by atoms with Crippen LogP contribution in [0, 0.1) is 0 Å². The normalized spacial score (nSPS) is 21.9. The van der Waals surface area contributed by atoms with Gasteiger partial charge in [-0.3, -0.25) is 0 Å². The van der Waals surface area contributed by atoms with Gasteiger partial charge in [0.05, 0.1) is 12.4 Å². The fourth-order valence-electron chi connectivity index (χ4n) is 2.08. The Kier molecular flexibility index (Phi) is 6.40. The molecule has 102 valence electrons. The fraction of sp³-hybridized carbons (Fsp3) is 1.00. The Morgan fingerprint density at radius 2 is 2.18 bits per heavy atom. The number of rotatable bonds is 7. The number of likely N-dealkylation sites (N-methyl/N-ethyl adjacent to an activating group) is 1. The van der Waals surface area contributed by atoms with Crippen molar-refractivity contribution in [3.05, 3.63) is 0 Å². The minimum absolute atomic E-state index is 0.0735. The summed E-state index contributed by atoms with van der Waals surface area (Å²) in [6, 6.07) is 0.306. The van der Waals surface area contributed by atoms with Crippen molar-refractivity contribution in [3.8, 4) is 0 Å². The van der Waals surface area contributed by atoms with E-state index < -0.39 is 10.0 Å². The number of piperidine rings is 1. The molecule has 0 bridgehead atoms. The van der Waals surface area contributed by atoms with Gasteiger partial charge in [-0.2, -0.15) is 0 Å². The van der Waals surface area contributed by atoms with Crippen molar-refractivity contribution in [1.82, 2.24) is 9.62 Å². The van der Waals surface area contributed by atoms with Gasteiger partial charge < -0.3 is 10.1 Å². The molecule has 0 radical (unpaired) electrons. The molecule has 0 spiro atoms. The maximum absolute atomic E-state index is 12.0. The van der Waals surface area contributed by atoms with Gasteiger partial charge in [-0.05, 0) is 19.4 Å². The quantitative estimate of drug-likeness (QED) is 0.724. The fourth-order valence-corrected chi connectivity index (χ4v) is 3.52. The van der Waals surface area contributed by atoms with Crippen molar-refractivity contribution >= 4 is 10.0 Å². The molecule has 1 rings (SSSR count). The number of methoxy groups -OCH3 is 1. The Morgan fingerprint density at radius 3 is 2.71 bits per heavy atom. The van der Waals surface area contributed by atoms with Crippen molar-refractivity contribution in [3.63, 3.8) is 0 Å². The monoisotopic (exact) mass is 264 g/mol. The second kappa shape index (κ2) is 7.31. The maximum atomic E-state index is 12.0. The lowest BCUT2D eigenvalue weighted by molar-refractivity contribution is 0.215. The van der Waals surface area contributed by atoms with Gasteiger partial charge in [-0.1, -0.05) is 13.3 Å². The Morgan fingerprint density at radius 1 is 1.41 bits per heavy atom. The van der Waals surface area contributed by atoms with Crippen LogP contribution in [0.2, 0.25) is 0 Å².